The van der Waals surface area contributed by atoms with Crippen LogP contribution in [0.1, 0.15) is 59.4 Å². The highest BCUT2D eigenvalue weighted by Gasteiger charge is 2.26. The van der Waals surface area contributed by atoms with Crippen LogP contribution >= 0.6 is 11.3 Å². The molecule has 0 saturated carbocycles. The van der Waals surface area contributed by atoms with Crippen molar-refractivity contribution < 1.29 is 14.1 Å². The van der Waals surface area contributed by atoms with Crippen LogP contribution in [-0.4, -0.2) is 20.2 Å². The van der Waals surface area contributed by atoms with E-state index >= 15 is 0 Å². The van der Waals surface area contributed by atoms with Crippen molar-refractivity contribution in [1.82, 2.24) is 4.98 Å². The van der Waals surface area contributed by atoms with Crippen LogP contribution in [0, 0.1) is 0 Å². The van der Waals surface area contributed by atoms with Gasteiger partial charge in [0.25, 0.3) is 5.91 Å². The molecule has 0 saturated heterocycles. The number of benzene rings is 1. The Morgan fingerprint density at radius 2 is 1.86 bits per heavy atom. The van der Waals surface area contributed by atoms with Gasteiger partial charge >= 0.3 is 0 Å². The molecule has 1 atom stereocenters. The average Bonchev–Trinajstić information content (AvgIpc) is 3.33. The van der Waals surface area contributed by atoms with Gasteiger partial charge in [-0.05, 0) is 80.2 Å². The molecule has 2 aromatic rings. The predicted molar refractivity (Wildman–Crippen MR) is 110 cm³/mol. The molecule has 1 amide bonds. The van der Waals surface area contributed by atoms with E-state index in [9.17, 15) is 14.1 Å². The monoisotopic (exact) mass is 419 g/mol. The van der Waals surface area contributed by atoms with Crippen molar-refractivity contribution in [2.24, 2.45) is 9.50 Å². The molecule has 8 heteroatoms. The molecule has 1 heterocycles. The zero-order valence-corrected chi connectivity index (χ0v) is 17.8. The van der Waals surface area contributed by atoms with Crippen molar-refractivity contribution in [2.75, 3.05) is 0 Å². The number of fused-ring (bicyclic) bond motifs is 2. The first-order chi connectivity index (χ1) is 13.1. The maximum absolute atomic E-state index is 12.9. The summed E-state index contributed by atoms with van der Waals surface area (Å²) in [6.45, 7) is 3.23. The minimum atomic E-state index is -3.43. The molecule has 4 rings (SSSR count). The molecule has 0 spiro atoms. The summed E-state index contributed by atoms with van der Waals surface area (Å²) in [6, 6.07) is 2.32. The molecule has 6 nitrogen and oxygen atoms in total. The molecule has 0 radical (unpaired) electrons. The number of aliphatic hydroxyl groups is 1. The Morgan fingerprint density at radius 3 is 2.39 bits per heavy atom. The number of rotatable bonds is 4. The van der Waals surface area contributed by atoms with E-state index in [2.05, 4.69) is 15.4 Å². The Bertz CT molecular complexity index is 1040. The molecule has 0 aliphatic heterocycles. The maximum Gasteiger partial charge on any atom is 0.259 e. The van der Waals surface area contributed by atoms with Crippen LogP contribution in [0.5, 0.6) is 0 Å². The van der Waals surface area contributed by atoms with E-state index in [1.807, 2.05) is 0 Å². The fraction of sp³-hybridized carbons (Fsp3) is 0.500. The Labute approximate surface area is 169 Å². The summed E-state index contributed by atoms with van der Waals surface area (Å²) < 4.78 is 16.8. The third-order valence-electron chi connectivity index (χ3n) is 5.50. The first-order valence-electron chi connectivity index (χ1n) is 9.57. The van der Waals surface area contributed by atoms with Crippen LogP contribution in [0.4, 0.5) is 0 Å². The van der Waals surface area contributed by atoms with Gasteiger partial charge in [0, 0.05) is 6.20 Å². The van der Waals surface area contributed by atoms with Crippen LogP contribution in [-0.2, 0) is 52.4 Å². The predicted octanol–water partition coefficient (Wildman–Crippen LogP) is 2.82. The van der Waals surface area contributed by atoms with Gasteiger partial charge in [-0.3, -0.25) is 4.79 Å². The van der Waals surface area contributed by atoms with Gasteiger partial charge in [-0.15, -0.1) is 15.7 Å². The van der Waals surface area contributed by atoms with Gasteiger partial charge in [0.2, 0.25) is 4.34 Å². The third kappa shape index (κ3) is 3.66. The van der Waals surface area contributed by atoms with Gasteiger partial charge < -0.3 is 5.11 Å². The van der Waals surface area contributed by atoms with Crippen LogP contribution < -0.4 is 5.14 Å². The molecule has 3 N–H and O–H groups in total. The van der Waals surface area contributed by atoms with Gasteiger partial charge in [-0.2, -0.15) is 0 Å². The van der Waals surface area contributed by atoms with Crippen LogP contribution in [0.25, 0.3) is 0 Å². The molecule has 2 aliphatic rings. The molecule has 0 unspecified atom stereocenters. The first kappa shape index (κ1) is 19.7. The molecular formula is C20H25N3O3S2. The fourth-order valence-corrected chi connectivity index (χ4v) is 6.35. The fourth-order valence-electron chi connectivity index (χ4n) is 4.20. The second kappa shape index (κ2) is 7.02. The number of hydrogen-bond donors (Lipinski definition) is 2. The van der Waals surface area contributed by atoms with Crippen molar-refractivity contribution in [3.8, 4) is 0 Å². The molecule has 150 valence electrons. The van der Waals surface area contributed by atoms with E-state index < -0.39 is 21.4 Å². The Balaban J connectivity index is 1.65. The van der Waals surface area contributed by atoms with Gasteiger partial charge in [-0.1, -0.05) is 6.07 Å². The number of carbonyl (C=O) groups excluding carboxylic acids is 1. The molecule has 28 heavy (non-hydrogen) atoms. The van der Waals surface area contributed by atoms with E-state index in [-0.39, 0.29) is 10.8 Å². The van der Waals surface area contributed by atoms with Crippen molar-refractivity contribution in [2.45, 2.75) is 68.7 Å². The van der Waals surface area contributed by atoms with Crippen molar-refractivity contribution in [3.63, 3.8) is 0 Å². The van der Waals surface area contributed by atoms with Crippen LogP contribution in [0.15, 0.2) is 21.0 Å². The summed E-state index contributed by atoms with van der Waals surface area (Å²) in [6.07, 6.45) is 7.91. The highest BCUT2D eigenvalue weighted by molar-refractivity contribution is 7.93. The topological polar surface area (TPSA) is 106 Å². The van der Waals surface area contributed by atoms with E-state index in [0.29, 0.717) is 4.88 Å². The first-order valence-corrected chi connectivity index (χ1v) is 12.0. The SMILES string of the molecule is CC(C)(O)c1cnc([S@](N)(=O)=NC(=O)Cc2c3c(cc4c2CCC4)CCC3)s1. The lowest BCUT2D eigenvalue weighted by Gasteiger charge is -2.14. The highest BCUT2D eigenvalue weighted by Crippen LogP contribution is 2.35. The minimum absolute atomic E-state index is 0.0708. The number of amides is 1. The molecule has 1 aromatic carbocycles. The molecule has 1 aromatic heterocycles. The standard InChI is InChI=1S/C20H25N3O3S2/c1-20(2,25)17-11-22-19(27-17)28(21,26)23-18(24)10-16-14-7-3-5-12(14)9-13-6-4-8-15(13)16/h9,11,25H,3-8,10H2,1-2H3,(H2,21,23,24,26)/t28-/m1/s1. The molecule has 2 aliphatic carbocycles. The quantitative estimate of drug-likeness (QED) is 0.795. The summed E-state index contributed by atoms with van der Waals surface area (Å²) in [5, 5.41) is 15.9. The van der Waals surface area contributed by atoms with Crippen molar-refractivity contribution >= 4 is 27.2 Å². The number of thiazole rings is 1. The zero-order chi connectivity index (χ0) is 20.1. The highest BCUT2D eigenvalue weighted by atomic mass is 32.2. The summed E-state index contributed by atoms with van der Waals surface area (Å²) in [7, 11) is -3.43. The lowest BCUT2D eigenvalue weighted by molar-refractivity contribution is -0.117. The van der Waals surface area contributed by atoms with E-state index in [0.717, 1.165) is 55.4 Å². The summed E-state index contributed by atoms with van der Waals surface area (Å²) in [5.41, 5.74) is 5.25. The normalized spacial score (nSPS) is 17.9. The number of aryl methyl sites for hydroxylation is 2. The van der Waals surface area contributed by atoms with E-state index in [4.69, 9.17) is 5.14 Å². The second-order valence-corrected chi connectivity index (χ2v) is 11.1. The van der Waals surface area contributed by atoms with Crippen molar-refractivity contribution in [3.05, 3.63) is 45.0 Å². The van der Waals surface area contributed by atoms with Gasteiger partial charge in [0.15, 0.2) is 9.92 Å². The largest absolute Gasteiger partial charge is 0.385 e. The number of hydrogen-bond acceptors (Lipinski definition) is 5. The summed E-state index contributed by atoms with van der Waals surface area (Å²) in [5.74, 6) is -0.470. The number of aromatic nitrogens is 1. The minimum Gasteiger partial charge on any atom is -0.385 e. The summed E-state index contributed by atoms with van der Waals surface area (Å²) in [4.78, 5) is 17.3. The zero-order valence-electron chi connectivity index (χ0n) is 16.2. The second-order valence-electron chi connectivity index (χ2n) is 8.12. The maximum atomic E-state index is 12.9. The lowest BCUT2D eigenvalue weighted by atomic mass is 9.92. The Morgan fingerprint density at radius 1 is 1.25 bits per heavy atom. The number of nitrogens with two attached hydrogens (primary N) is 1. The lowest BCUT2D eigenvalue weighted by Crippen LogP contribution is -2.16. The Hall–Kier alpha value is -1.61. The van der Waals surface area contributed by atoms with Gasteiger partial charge in [-0.25, -0.2) is 14.3 Å². The smallest absolute Gasteiger partial charge is 0.259 e. The Kier molecular flexibility index (Phi) is 4.94. The van der Waals surface area contributed by atoms with E-state index in [1.54, 1.807) is 13.8 Å². The van der Waals surface area contributed by atoms with Crippen LogP contribution in [0.2, 0.25) is 0 Å². The van der Waals surface area contributed by atoms with Gasteiger partial charge in [0.05, 0.1) is 16.9 Å². The van der Waals surface area contributed by atoms with Crippen LogP contribution in [0.3, 0.4) is 0 Å². The van der Waals surface area contributed by atoms with Crippen molar-refractivity contribution in [1.29, 1.82) is 0 Å². The molecule has 0 bridgehead atoms. The third-order valence-corrected chi connectivity index (χ3v) is 8.65. The molecule has 0 fully saturated rings. The van der Waals surface area contributed by atoms with E-state index in [1.165, 1.54) is 28.5 Å². The summed E-state index contributed by atoms with van der Waals surface area (Å²) >= 11 is 1.03. The molecular weight excluding hydrogens is 394 g/mol. The number of nitrogens with zero attached hydrogens (tertiary/aromatic N) is 2. The average molecular weight is 420 g/mol. The number of carbonyl (C=O) groups is 1. The van der Waals surface area contributed by atoms with Gasteiger partial charge in [0.1, 0.15) is 0 Å².